The number of methoxy groups -OCH3 is 1. The normalized spacial score (nSPS) is 11.5. The van der Waals surface area contributed by atoms with Crippen LogP contribution in [0.3, 0.4) is 0 Å². The number of hydrogen-bond donors (Lipinski definition) is 1. The van der Waals surface area contributed by atoms with Gasteiger partial charge in [0.2, 0.25) is 0 Å². The van der Waals surface area contributed by atoms with E-state index in [9.17, 15) is 8.78 Å². The highest BCUT2D eigenvalue weighted by molar-refractivity contribution is 5.90. The van der Waals surface area contributed by atoms with Crippen molar-refractivity contribution in [3.05, 3.63) is 215 Å². The number of anilines is 1. The Morgan fingerprint density at radius 2 is 1.24 bits per heavy atom. The topological polar surface area (TPSA) is 62.3 Å². The average molecular weight is 714 g/mol. The van der Waals surface area contributed by atoms with Gasteiger partial charge in [0, 0.05) is 11.5 Å². The summed E-state index contributed by atoms with van der Waals surface area (Å²) in [6.45, 7) is 0.384. The monoisotopic (exact) mass is 713 g/mol. The second-order valence-electron chi connectivity index (χ2n) is 13.2. The molecule has 0 aliphatic carbocycles. The number of rotatable bonds is 11. The predicted molar refractivity (Wildman–Crippen MR) is 211 cm³/mol. The van der Waals surface area contributed by atoms with Crippen LogP contribution in [0.5, 0.6) is 11.5 Å². The molecule has 8 rings (SSSR count). The number of halogens is 2. The maximum Gasteiger partial charge on any atom is 0.153 e. The van der Waals surface area contributed by atoms with Crippen LogP contribution in [0.1, 0.15) is 33.4 Å². The van der Waals surface area contributed by atoms with Crippen LogP contribution in [0.15, 0.2) is 170 Å². The number of aromatic nitrogens is 2. The largest absolute Gasteiger partial charge is 0.497 e. The van der Waals surface area contributed by atoms with Crippen LogP contribution in [0.25, 0.3) is 22.0 Å². The van der Waals surface area contributed by atoms with Crippen LogP contribution in [0, 0.1) is 11.6 Å². The van der Waals surface area contributed by atoms with Gasteiger partial charge in [-0.1, -0.05) is 115 Å². The van der Waals surface area contributed by atoms with E-state index in [1.807, 2.05) is 126 Å². The first-order chi connectivity index (χ1) is 26.4. The number of fused-ring (bicyclic) bond motifs is 1. The molecule has 0 saturated carbocycles. The standard InChI is InChI=1S/C47H37F2N3O2/c1-53-40-23-19-32(20-24-40)31-54-41-25-21-34(22-26-41)45-35(27-33-28-38(48)30-39(49)29-33)11-10-17-43(45)47(36-12-4-2-5-13-36,37-14-6-3-7-15-37)52-44-18-9-8-16-42(44)46(50)51-52/h2-26,28-30H,27,31H2,1H3,(H2,50,51). The highest BCUT2D eigenvalue weighted by atomic mass is 19.1. The molecule has 0 aliphatic heterocycles. The molecular formula is C47H37F2N3O2. The summed E-state index contributed by atoms with van der Waals surface area (Å²) >= 11 is 0. The third-order valence-electron chi connectivity index (χ3n) is 9.88. The molecule has 7 aromatic carbocycles. The highest BCUT2D eigenvalue weighted by Gasteiger charge is 2.43. The molecule has 1 heterocycles. The molecule has 0 spiro atoms. The molecule has 54 heavy (non-hydrogen) atoms. The molecule has 0 fully saturated rings. The van der Waals surface area contributed by atoms with Crippen LogP contribution in [0.4, 0.5) is 14.6 Å². The van der Waals surface area contributed by atoms with Gasteiger partial charge in [0.05, 0.1) is 12.6 Å². The van der Waals surface area contributed by atoms with E-state index in [-0.39, 0.29) is 6.42 Å². The first-order valence-electron chi connectivity index (χ1n) is 17.7. The van der Waals surface area contributed by atoms with Crippen molar-refractivity contribution in [2.75, 3.05) is 12.8 Å². The van der Waals surface area contributed by atoms with Gasteiger partial charge in [0.15, 0.2) is 5.82 Å². The first kappa shape index (κ1) is 34.4. The van der Waals surface area contributed by atoms with Crippen molar-refractivity contribution in [1.82, 2.24) is 9.78 Å². The van der Waals surface area contributed by atoms with Crippen molar-refractivity contribution in [3.63, 3.8) is 0 Å². The Balaban J connectivity index is 1.37. The fourth-order valence-corrected chi connectivity index (χ4v) is 7.47. The average Bonchev–Trinajstić information content (AvgIpc) is 3.54. The summed E-state index contributed by atoms with van der Waals surface area (Å²) in [4.78, 5) is 0. The van der Waals surface area contributed by atoms with E-state index in [1.54, 1.807) is 7.11 Å². The summed E-state index contributed by atoms with van der Waals surface area (Å²) < 4.78 is 42.8. The zero-order valence-electron chi connectivity index (χ0n) is 29.6. The third kappa shape index (κ3) is 6.45. The van der Waals surface area contributed by atoms with Gasteiger partial charge in [-0.05, 0) is 99.5 Å². The second-order valence-corrected chi connectivity index (χ2v) is 13.2. The van der Waals surface area contributed by atoms with Crippen molar-refractivity contribution in [2.45, 2.75) is 18.6 Å². The fourth-order valence-electron chi connectivity index (χ4n) is 7.47. The van der Waals surface area contributed by atoms with E-state index in [4.69, 9.17) is 20.3 Å². The number of nitrogens with two attached hydrogens (primary N) is 1. The van der Waals surface area contributed by atoms with Crippen LogP contribution in [-0.2, 0) is 18.6 Å². The molecule has 0 aliphatic rings. The molecule has 8 aromatic rings. The van der Waals surface area contributed by atoms with Crippen LogP contribution in [-0.4, -0.2) is 16.9 Å². The van der Waals surface area contributed by atoms with Crippen molar-refractivity contribution in [2.24, 2.45) is 0 Å². The Hall–Kier alpha value is -6.73. The summed E-state index contributed by atoms with van der Waals surface area (Å²) in [5, 5.41) is 5.94. The lowest BCUT2D eigenvalue weighted by Crippen LogP contribution is -2.39. The van der Waals surface area contributed by atoms with Crippen molar-refractivity contribution in [3.8, 4) is 22.6 Å². The Morgan fingerprint density at radius 3 is 1.89 bits per heavy atom. The van der Waals surface area contributed by atoms with Gasteiger partial charge in [-0.2, -0.15) is 5.10 Å². The number of para-hydroxylation sites is 1. The number of benzene rings is 7. The fraction of sp³-hybridized carbons (Fsp3) is 0.0851. The minimum atomic E-state index is -1.05. The third-order valence-corrected chi connectivity index (χ3v) is 9.88. The van der Waals surface area contributed by atoms with Crippen LogP contribution in [0.2, 0.25) is 0 Å². The predicted octanol–water partition coefficient (Wildman–Crippen LogP) is 10.6. The highest BCUT2D eigenvalue weighted by Crippen LogP contribution is 2.48. The molecular weight excluding hydrogens is 677 g/mol. The summed E-state index contributed by atoms with van der Waals surface area (Å²) in [5.41, 5.74) is 13.5. The Morgan fingerprint density at radius 1 is 0.630 bits per heavy atom. The van der Waals surface area contributed by atoms with E-state index < -0.39 is 17.2 Å². The molecule has 0 atom stereocenters. The molecule has 7 heteroatoms. The van der Waals surface area contributed by atoms with Crippen LogP contribution < -0.4 is 15.2 Å². The van der Waals surface area contributed by atoms with Gasteiger partial charge < -0.3 is 15.2 Å². The van der Waals surface area contributed by atoms with E-state index in [0.717, 1.165) is 61.7 Å². The maximum atomic E-state index is 14.6. The zero-order chi connectivity index (χ0) is 37.1. The molecule has 0 bridgehead atoms. The van der Waals surface area contributed by atoms with Crippen LogP contribution >= 0.6 is 0 Å². The zero-order valence-corrected chi connectivity index (χ0v) is 29.6. The first-order valence-corrected chi connectivity index (χ1v) is 17.7. The quantitative estimate of drug-likeness (QED) is 0.136. The molecule has 266 valence electrons. The molecule has 1 aromatic heterocycles. The maximum absolute atomic E-state index is 14.6. The van der Waals surface area contributed by atoms with Gasteiger partial charge in [0.25, 0.3) is 0 Å². The molecule has 0 unspecified atom stereocenters. The lowest BCUT2D eigenvalue weighted by molar-refractivity contribution is 0.306. The molecule has 0 saturated heterocycles. The van der Waals surface area contributed by atoms with Crippen molar-refractivity contribution in [1.29, 1.82) is 0 Å². The Labute approximate surface area is 312 Å². The smallest absolute Gasteiger partial charge is 0.153 e. The summed E-state index contributed by atoms with van der Waals surface area (Å²) in [5.74, 6) is 0.647. The Bertz CT molecular complexity index is 2480. The molecule has 0 amide bonds. The molecule has 5 nitrogen and oxygen atoms in total. The minimum absolute atomic E-state index is 0.273. The lowest BCUT2D eigenvalue weighted by atomic mass is 9.73. The number of nitrogen functional groups attached to an aromatic ring is 1. The second kappa shape index (κ2) is 14.7. The van der Waals surface area contributed by atoms with Crippen molar-refractivity contribution >= 4 is 16.7 Å². The SMILES string of the molecule is COc1ccc(COc2ccc(-c3c(Cc4cc(F)cc(F)c4)cccc3C(c3ccccc3)(c3ccccc3)n3nc(N)c4ccccc43)cc2)cc1. The summed E-state index contributed by atoms with van der Waals surface area (Å²) in [6, 6.07) is 54.0. The van der Waals surface area contributed by atoms with Gasteiger partial charge in [-0.15, -0.1) is 0 Å². The van der Waals surface area contributed by atoms with E-state index >= 15 is 0 Å². The van der Waals surface area contributed by atoms with E-state index in [2.05, 4.69) is 30.3 Å². The Kier molecular flexibility index (Phi) is 9.36. The summed E-state index contributed by atoms with van der Waals surface area (Å²) in [7, 11) is 1.64. The lowest BCUT2D eigenvalue weighted by Gasteiger charge is -2.39. The van der Waals surface area contributed by atoms with Gasteiger partial charge in [-0.25, -0.2) is 13.5 Å². The number of nitrogens with zero attached hydrogens (tertiary/aromatic N) is 2. The number of ether oxygens (including phenoxy) is 2. The van der Waals surface area contributed by atoms with Gasteiger partial charge >= 0.3 is 0 Å². The van der Waals surface area contributed by atoms with E-state index in [1.165, 1.54) is 12.1 Å². The summed E-state index contributed by atoms with van der Waals surface area (Å²) in [6.07, 6.45) is 0.273. The van der Waals surface area contributed by atoms with E-state index in [0.29, 0.717) is 23.7 Å². The van der Waals surface area contributed by atoms with Crippen molar-refractivity contribution < 1.29 is 18.3 Å². The van der Waals surface area contributed by atoms with Gasteiger partial charge in [-0.3, -0.25) is 0 Å². The van der Waals surface area contributed by atoms with Gasteiger partial charge in [0.1, 0.15) is 35.3 Å². The number of hydrogen-bond acceptors (Lipinski definition) is 4. The minimum Gasteiger partial charge on any atom is -0.497 e. The molecule has 2 N–H and O–H groups in total. The molecule has 0 radical (unpaired) electrons.